The molecule has 0 aliphatic heterocycles. The minimum absolute atomic E-state index is 0.0248. The molecular formula is C12H17N5OS2. The Morgan fingerprint density at radius 2 is 2.30 bits per heavy atom. The highest BCUT2D eigenvalue weighted by atomic mass is 32.1. The van der Waals surface area contributed by atoms with Gasteiger partial charge in [0, 0.05) is 24.7 Å². The molecule has 0 aliphatic carbocycles. The molecule has 0 aliphatic rings. The molecule has 8 heteroatoms. The molecule has 0 aromatic carbocycles. The van der Waals surface area contributed by atoms with Gasteiger partial charge in [0.05, 0.1) is 12.1 Å². The van der Waals surface area contributed by atoms with Crippen molar-refractivity contribution in [3.8, 4) is 10.6 Å². The zero-order valence-corrected chi connectivity index (χ0v) is 13.3. The summed E-state index contributed by atoms with van der Waals surface area (Å²) in [6, 6.07) is 0. The fourth-order valence-electron chi connectivity index (χ4n) is 1.76. The summed E-state index contributed by atoms with van der Waals surface area (Å²) in [7, 11) is 1.85. The fraction of sp³-hybridized carbons (Fsp3) is 0.417. The lowest BCUT2D eigenvalue weighted by atomic mass is 10.3. The number of amides is 1. The van der Waals surface area contributed by atoms with Crippen LogP contribution in [-0.4, -0.2) is 35.4 Å². The summed E-state index contributed by atoms with van der Waals surface area (Å²) in [5.74, 6) is 0.436. The molecule has 20 heavy (non-hydrogen) atoms. The number of nitrogens with two attached hydrogens (primary N) is 1. The average molecular weight is 311 g/mol. The van der Waals surface area contributed by atoms with Gasteiger partial charge in [-0.05, 0) is 25.4 Å². The first-order chi connectivity index (χ1) is 9.52. The monoisotopic (exact) mass is 311 g/mol. The Bertz CT molecular complexity index is 607. The molecule has 2 heterocycles. The number of aryl methyl sites for hydroxylation is 1. The average Bonchev–Trinajstić information content (AvgIpc) is 2.95. The van der Waals surface area contributed by atoms with Crippen molar-refractivity contribution in [3.05, 3.63) is 11.1 Å². The van der Waals surface area contributed by atoms with E-state index >= 15 is 0 Å². The molecule has 2 rings (SSSR count). The second-order valence-electron chi connectivity index (χ2n) is 4.35. The third-order valence-electron chi connectivity index (χ3n) is 2.63. The van der Waals surface area contributed by atoms with Crippen LogP contribution in [0.5, 0.6) is 0 Å². The number of nitrogens with zero attached hydrogens (tertiary/aromatic N) is 3. The number of carbonyl (C=O) groups excluding carboxylic acids is 1. The van der Waals surface area contributed by atoms with E-state index in [0.717, 1.165) is 21.3 Å². The van der Waals surface area contributed by atoms with Crippen LogP contribution in [0.3, 0.4) is 0 Å². The van der Waals surface area contributed by atoms with Crippen LogP contribution in [-0.2, 0) is 4.79 Å². The van der Waals surface area contributed by atoms with E-state index in [1.54, 1.807) is 0 Å². The summed E-state index contributed by atoms with van der Waals surface area (Å²) in [6.45, 7) is 4.73. The number of nitrogens with one attached hydrogen (secondary N) is 1. The second kappa shape index (κ2) is 6.19. The number of hydrogen-bond donors (Lipinski definition) is 2. The van der Waals surface area contributed by atoms with Crippen molar-refractivity contribution >= 4 is 39.6 Å². The lowest BCUT2D eigenvalue weighted by Crippen LogP contribution is -2.34. The Kier molecular flexibility index (Phi) is 4.56. The molecular weight excluding hydrogens is 294 g/mol. The van der Waals surface area contributed by atoms with E-state index in [2.05, 4.69) is 14.7 Å². The van der Waals surface area contributed by atoms with Crippen LogP contribution in [0.4, 0.5) is 10.8 Å². The molecule has 0 unspecified atom stereocenters. The van der Waals surface area contributed by atoms with Gasteiger partial charge in [-0.2, -0.15) is 4.37 Å². The van der Waals surface area contributed by atoms with Gasteiger partial charge in [0.1, 0.15) is 15.8 Å². The molecule has 2 aromatic heterocycles. The maximum absolute atomic E-state index is 11.7. The molecule has 0 bridgehead atoms. The van der Waals surface area contributed by atoms with E-state index in [1.165, 1.54) is 22.9 Å². The molecule has 2 aromatic rings. The summed E-state index contributed by atoms with van der Waals surface area (Å²) in [4.78, 5) is 18.0. The van der Waals surface area contributed by atoms with Crippen LogP contribution in [0.2, 0.25) is 0 Å². The number of carbonyl (C=O) groups is 1. The predicted molar refractivity (Wildman–Crippen MR) is 84.3 cm³/mol. The largest absolute Gasteiger partial charge is 0.382 e. The molecule has 6 nitrogen and oxygen atoms in total. The van der Waals surface area contributed by atoms with Crippen LogP contribution < -0.4 is 16.0 Å². The predicted octanol–water partition coefficient (Wildman–Crippen LogP) is 1.73. The first kappa shape index (κ1) is 14.7. The number of nitrogen functional groups attached to an aromatic ring is 1. The topological polar surface area (TPSA) is 84.1 Å². The molecule has 0 saturated carbocycles. The smallest absolute Gasteiger partial charge is 0.239 e. The minimum Gasteiger partial charge on any atom is -0.382 e. The van der Waals surface area contributed by atoms with Crippen LogP contribution in [0.25, 0.3) is 10.6 Å². The molecule has 0 saturated heterocycles. The molecule has 0 radical (unpaired) electrons. The van der Waals surface area contributed by atoms with Crippen LogP contribution >= 0.6 is 22.9 Å². The number of hydrogen-bond acceptors (Lipinski definition) is 7. The third kappa shape index (κ3) is 3.07. The maximum Gasteiger partial charge on any atom is 0.239 e. The number of likely N-dealkylation sites (N-methyl/N-ethyl adjacent to an activating group) is 2. The van der Waals surface area contributed by atoms with Crippen molar-refractivity contribution in [1.29, 1.82) is 0 Å². The van der Waals surface area contributed by atoms with Crippen molar-refractivity contribution in [2.75, 3.05) is 30.8 Å². The first-order valence-electron chi connectivity index (χ1n) is 6.18. The summed E-state index contributed by atoms with van der Waals surface area (Å²) in [5, 5.41) is 6.45. The number of rotatable bonds is 5. The van der Waals surface area contributed by atoms with E-state index in [0.29, 0.717) is 12.4 Å². The van der Waals surface area contributed by atoms with Crippen molar-refractivity contribution in [2.45, 2.75) is 13.8 Å². The van der Waals surface area contributed by atoms with Crippen LogP contribution in [0, 0.1) is 6.92 Å². The van der Waals surface area contributed by atoms with Gasteiger partial charge >= 0.3 is 0 Å². The normalized spacial score (nSPS) is 10.6. The van der Waals surface area contributed by atoms with Gasteiger partial charge < -0.3 is 16.0 Å². The zero-order chi connectivity index (χ0) is 14.7. The van der Waals surface area contributed by atoms with E-state index in [1.807, 2.05) is 31.2 Å². The van der Waals surface area contributed by atoms with Gasteiger partial charge in [-0.1, -0.05) is 0 Å². The lowest BCUT2D eigenvalue weighted by molar-refractivity contribution is -0.119. The van der Waals surface area contributed by atoms with Gasteiger partial charge in [0.2, 0.25) is 5.91 Å². The van der Waals surface area contributed by atoms with E-state index in [9.17, 15) is 4.79 Å². The summed E-state index contributed by atoms with van der Waals surface area (Å²) >= 11 is 2.82. The second-order valence-corrected chi connectivity index (χ2v) is 5.96. The fourth-order valence-corrected chi connectivity index (χ4v) is 3.45. The van der Waals surface area contributed by atoms with Gasteiger partial charge in [0.25, 0.3) is 0 Å². The number of anilines is 2. The lowest BCUT2D eigenvalue weighted by Gasteiger charge is -2.17. The van der Waals surface area contributed by atoms with E-state index in [4.69, 9.17) is 5.73 Å². The van der Waals surface area contributed by atoms with Gasteiger partial charge in [0.15, 0.2) is 0 Å². The molecule has 1 amide bonds. The van der Waals surface area contributed by atoms with Crippen molar-refractivity contribution in [1.82, 2.24) is 14.7 Å². The minimum atomic E-state index is -0.0248. The molecule has 0 atom stereocenters. The maximum atomic E-state index is 11.7. The summed E-state index contributed by atoms with van der Waals surface area (Å²) in [5.41, 5.74) is 7.72. The Labute approximate surface area is 125 Å². The first-order valence-corrected chi connectivity index (χ1v) is 7.83. The summed E-state index contributed by atoms with van der Waals surface area (Å²) < 4.78 is 4.19. The highest BCUT2D eigenvalue weighted by molar-refractivity contribution is 7.15. The quantitative estimate of drug-likeness (QED) is 0.878. The van der Waals surface area contributed by atoms with Gasteiger partial charge in [-0.15, -0.1) is 11.3 Å². The molecule has 108 valence electrons. The third-order valence-corrected chi connectivity index (χ3v) is 4.59. The van der Waals surface area contributed by atoms with Gasteiger partial charge in [-0.25, -0.2) is 4.98 Å². The van der Waals surface area contributed by atoms with Crippen LogP contribution in [0.1, 0.15) is 12.6 Å². The van der Waals surface area contributed by atoms with E-state index < -0.39 is 0 Å². The highest BCUT2D eigenvalue weighted by Gasteiger charge is 2.20. The van der Waals surface area contributed by atoms with Crippen molar-refractivity contribution in [2.24, 2.45) is 0 Å². The highest BCUT2D eigenvalue weighted by Crippen LogP contribution is 2.39. The van der Waals surface area contributed by atoms with Crippen molar-refractivity contribution < 1.29 is 4.79 Å². The number of thiazole rings is 1. The van der Waals surface area contributed by atoms with Gasteiger partial charge in [-0.3, -0.25) is 4.79 Å². The molecule has 0 spiro atoms. The Balaban J connectivity index is 2.27. The summed E-state index contributed by atoms with van der Waals surface area (Å²) in [6.07, 6.45) is 0. The Hall–Kier alpha value is -1.67. The zero-order valence-electron chi connectivity index (χ0n) is 11.6. The van der Waals surface area contributed by atoms with Crippen molar-refractivity contribution in [3.63, 3.8) is 0 Å². The van der Waals surface area contributed by atoms with E-state index in [-0.39, 0.29) is 12.5 Å². The van der Waals surface area contributed by atoms with Crippen LogP contribution in [0.15, 0.2) is 5.38 Å². The molecule has 0 fully saturated rings. The Morgan fingerprint density at radius 3 is 2.90 bits per heavy atom. The molecule has 3 N–H and O–H groups in total. The number of aromatic nitrogens is 2. The standard InChI is InChI=1S/C12H17N5OS2/c1-4-14-8(18)5-17(3)12-9(10(13)16-20-12)11-15-7(2)6-19-11/h6H,4-5H2,1-3H3,(H2,13,16)(H,14,18). The SMILES string of the molecule is CCNC(=O)CN(C)c1snc(N)c1-c1nc(C)cs1. The Morgan fingerprint density at radius 1 is 1.55 bits per heavy atom.